The third-order valence-electron chi connectivity index (χ3n) is 9.46. The molecule has 48 heavy (non-hydrogen) atoms. The first-order chi connectivity index (χ1) is 23.4. The van der Waals surface area contributed by atoms with Crippen LogP contribution in [0.15, 0.2) is 115 Å². The molecule has 0 saturated carbocycles. The number of aromatic nitrogens is 1. The highest BCUT2D eigenvalue weighted by atomic mass is 16.5. The van der Waals surface area contributed by atoms with E-state index in [2.05, 4.69) is 10.3 Å². The van der Waals surface area contributed by atoms with Gasteiger partial charge in [-0.1, -0.05) is 103 Å². The lowest BCUT2D eigenvalue weighted by Crippen LogP contribution is -2.57. The van der Waals surface area contributed by atoms with E-state index in [1.807, 2.05) is 91.0 Å². The van der Waals surface area contributed by atoms with Gasteiger partial charge < -0.3 is 19.6 Å². The van der Waals surface area contributed by atoms with Crippen molar-refractivity contribution in [3.8, 4) is 11.5 Å². The minimum atomic E-state index is -1.80. The number of carboxylic acid groups (broad SMARTS) is 1. The van der Waals surface area contributed by atoms with Gasteiger partial charge in [0.1, 0.15) is 12.1 Å². The SMILES string of the molecule is COc1cccc(C2NC(Cc3c[nH]c4ccccc34)(C(=O)O)C3C(=O)N(C/C=C\c4ccccc4)C(=O)C23)c1OCc1ccccc1. The average Bonchev–Trinajstić information content (AvgIpc) is 3.76. The number of amides is 2. The van der Waals surface area contributed by atoms with Crippen molar-refractivity contribution in [3.05, 3.63) is 138 Å². The van der Waals surface area contributed by atoms with E-state index >= 15 is 0 Å². The lowest BCUT2D eigenvalue weighted by atomic mass is 9.76. The number of aliphatic carboxylic acids is 1. The molecular weight excluding hydrogens is 606 g/mol. The van der Waals surface area contributed by atoms with Gasteiger partial charge >= 0.3 is 5.97 Å². The molecule has 4 aromatic carbocycles. The molecule has 0 spiro atoms. The molecule has 5 aromatic rings. The van der Waals surface area contributed by atoms with E-state index in [0.29, 0.717) is 17.1 Å². The van der Waals surface area contributed by atoms with Crippen LogP contribution in [-0.2, 0) is 27.4 Å². The molecule has 3 N–H and O–H groups in total. The van der Waals surface area contributed by atoms with Crippen LogP contribution in [0.4, 0.5) is 0 Å². The summed E-state index contributed by atoms with van der Waals surface area (Å²) in [5.41, 5.74) is 2.18. The summed E-state index contributed by atoms with van der Waals surface area (Å²) in [5.74, 6) is -3.52. The number of hydrogen-bond donors (Lipinski definition) is 3. The fourth-order valence-electron chi connectivity index (χ4n) is 7.20. The fourth-order valence-corrected chi connectivity index (χ4v) is 7.20. The molecule has 3 heterocycles. The molecule has 0 radical (unpaired) electrons. The van der Waals surface area contributed by atoms with Crippen LogP contribution in [0.3, 0.4) is 0 Å². The number of ether oxygens (including phenoxy) is 2. The molecule has 4 unspecified atom stereocenters. The number of para-hydroxylation sites is 2. The number of rotatable bonds is 11. The standard InChI is InChI=1S/C39H35N3O6/c1-47-31-20-10-18-29(35(31)48-24-26-14-6-3-7-15-26)34-32-33(37(44)42(36(32)43)21-11-16-25-12-4-2-5-13-25)39(41-34,38(45)46)22-27-23-40-30-19-9-8-17-28(27)30/h2-20,23,32-34,40-41H,21-22,24H2,1H3,(H,45,46)/b16-11-. The van der Waals surface area contributed by atoms with Gasteiger partial charge in [0.2, 0.25) is 11.8 Å². The molecule has 242 valence electrons. The van der Waals surface area contributed by atoms with Gasteiger partial charge in [0.15, 0.2) is 11.5 Å². The van der Waals surface area contributed by atoms with Crippen LogP contribution < -0.4 is 14.8 Å². The number of hydrogen-bond acceptors (Lipinski definition) is 6. The summed E-state index contributed by atoms with van der Waals surface area (Å²) in [6, 6.07) is 31.3. The van der Waals surface area contributed by atoms with Gasteiger partial charge in [-0.3, -0.25) is 24.6 Å². The summed E-state index contributed by atoms with van der Waals surface area (Å²) in [6.07, 6.45) is 5.36. The van der Waals surface area contributed by atoms with Crippen molar-refractivity contribution >= 4 is 34.8 Å². The van der Waals surface area contributed by atoms with Crippen LogP contribution in [0.25, 0.3) is 17.0 Å². The summed E-state index contributed by atoms with van der Waals surface area (Å²) in [7, 11) is 1.53. The first-order valence-corrected chi connectivity index (χ1v) is 15.9. The smallest absolute Gasteiger partial charge is 0.325 e. The van der Waals surface area contributed by atoms with Crippen molar-refractivity contribution in [2.75, 3.05) is 13.7 Å². The van der Waals surface area contributed by atoms with Crippen molar-refractivity contribution in [1.82, 2.24) is 15.2 Å². The van der Waals surface area contributed by atoms with E-state index in [9.17, 15) is 19.5 Å². The Labute approximate surface area is 277 Å². The average molecular weight is 642 g/mol. The zero-order valence-corrected chi connectivity index (χ0v) is 26.3. The number of carbonyl (C=O) groups excluding carboxylic acids is 2. The van der Waals surface area contributed by atoms with Crippen LogP contribution in [-0.4, -0.2) is 52.0 Å². The first-order valence-electron chi connectivity index (χ1n) is 15.9. The van der Waals surface area contributed by atoms with Gasteiger partial charge in [-0.25, -0.2) is 0 Å². The molecule has 9 heteroatoms. The number of benzene rings is 4. The zero-order chi connectivity index (χ0) is 33.3. The monoisotopic (exact) mass is 641 g/mol. The molecule has 9 nitrogen and oxygen atoms in total. The highest BCUT2D eigenvalue weighted by Crippen LogP contribution is 2.53. The Morgan fingerprint density at radius 2 is 1.65 bits per heavy atom. The number of imide groups is 1. The molecule has 4 atom stereocenters. The highest BCUT2D eigenvalue weighted by Gasteiger charge is 2.68. The van der Waals surface area contributed by atoms with Crippen LogP contribution in [0.1, 0.15) is 28.3 Å². The molecule has 2 aliphatic heterocycles. The van der Waals surface area contributed by atoms with Gasteiger partial charge in [0.25, 0.3) is 0 Å². The van der Waals surface area contributed by atoms with Crippen molar-refractivity contribution in [2.45, 2.75) is 24.6 Å². The lowest BCUT2D eigenvalue weighted by Gasteiger charge is -2.31. The Hall–Kier alpha value is -5.67. The molecule has 0 aliphatic carbocycles. The van der Waals surface area contributed by atoms with Gasteiger partial charge in [-0.05, 0) is 28.8 Å². The molecular formula is C39H35N3O6. The second kappa shape index (κ2) is 12.8. The Morgan fingerprint density at radius 1 is 0.917 bits per heavy atom. The minimum Gasteiger partial charge on any atom is -0.493 e. The van der Waals surface area contributed by atoms with Crippen LogP contribution in [0.5, 0.6) is 11.5 Å². The molecule has 2 amide bonds. The van der Waals surface area contributed by atoms with E-state index in [1.54, 1.807) is 30.5 Å². The molecule has 2 aliphatic rings. The number of H-pyrrole nitrogens is 1. The van der Waals surface area contributed by atoms with Crippen molar-refractivity contribution in [1.29, 1.82) is 0 Å². The van der Waals surface area contributed by atoms with Gasteiger partial charge in [-0.15, -0.1) is 0 Å². The Bertz CT molecular complexity index is 2010. The van der Waals surface area contributed by atoms with E-state index in [1.165, 1.54) is 12.0 Å². The van der Waals surface area contributed by atoms with E-state index in [0.717, 1.165) is 27.6 Å². The number of likely N-dealkylation sites (tertiary alicyclic amines) is 1. The summed E-state index contributed by atoms with van der Waals surface area (Å²) in [6.45, 7) is 0.238. The maximum absolute atomic E-state index is 14.4. The molecule has 2 fully saturated rings. The van der Waals surface area contributed by atoms with Gasteiger partial charge in [-0.2, -0.15) is 0 Å². The Kier molecular flexibility index (Phi) is 8.29. The van der Waals surface area contributed by atoms with E-state index < -0.39 is 41.2 Å². The Balaban J connectivity index is 1.31. The minimum absolute atomic E-state index is 0.0184. The van der Waals surface area contributed by atoms with Gasteiger partial charge in [0.05, 0.1) is 18.9 Å². The quantitative estimate of drug-likeness (QED) is 0.156. The van der Waals surface area contributed by atoms with Crippen molar-refractivity contribution in [2.24, 2.45) is 11.8 Å². The fraction of sp³-hybridized carbons (Fsp3) is 0.205. The number of aromatic amines is 1. The number of nitrogens with zero attached hydrogens (tertiary/aromatic N) is 1. The lowest BCUT2D eigenvalue weighted by molar-refractivity contribution is -0.151. The van der Waals surface area contributed by atoms with Crippen LogP contribution in [0.2, 0.25) is 0 Å². The normalized spacial score (nSPS) is 22.0. The molecule has 2 saturated heterocycles. The van der Waals surface area contributed by atoms with Gasteiger partial charge in [0, 0.05) is 41.7 Å². The van der Waals surface area contributed by atoms with Crippen molar-refractivity contribution in [3.63, 3.8) is 0 Å². The first kappa shape index (κ1) is 31.0. The maximum atomic E-state index is 14.4. The second-order valence-electron chi connectivity index (χ2n) is 12.2. The topological polar surface area (TPSA) is 121 Å². The number of carbonyl (C=O) groups is 3. The van der Waals surface area contributed by atoms with Crippen LogP contribution in [0, 0.1) is 11.8 Å². The molecule has 7 rings (SSSR count). The summed E-state index contributed by atoms with van der Waals surface area (Å²) in [5, 5.41) is 15.3. The molecule has 1 aromatic heterocycles. The zero-order valence-electron chi connectivity index (χ0n) is 26.3. The summed E-state index contributed by atoms with van der Waals surface area (Å²) in [4.78, 5) is 46.7. The predicted molar refractivity (Wildman–Crippen MR) is 181 cm³/mol. The Morgan fingerprint density at radius 3 is 2.40 bits per heavy atom. The number of carboxylic acids is 1. The van der Waals surface area contributed by atoms with E-state index in [4.69, 9.17) is 9.47 Å². The summed E-state index contributed by atoms with van der Waals surface area (Å²) >= 11 is 0. The summed E-state index contributed by atoms with van der Waals surface area (Å²) < 4.78 is 12.1. The maximum Gasteiger partial charge on any atom is 0.325 e. The highest BCUT2D eigenvalue weighted by molar-refractivity contribution is 6.10. The molecule has 0 bridgehead atoms. The van der Waals surface area contributed by atoms with E-state index in [-0.39, 0.29) is 19.6 Å². The largest absolute Gasteiger partial charge is 0.493 e. The third kappa shape index (κ3) is 5.42. The van der Waals surface area contributed by atoms with Crippen LogP contribution >= 0.6 is 0 Å². The third-order valence-corrected chi connectivity index (χ3v) is 9.46. The van der Waals surface area contributed by atoms with Crippen molar-refractivity contribution < 1.29 is 29.0 Å². The number of fused-ring (bicyclic) bond motifs is 2. The number of methoxy groups -OCH3 is 1. The number of nitrogens with one attached hydrogen (secondary N) is 2. The predicted octanol–water partition coefficient (Wildman–Crippen LogP) is 5.78. The second-order valence-corrected chi connectivity index (χ2v) is 12.2.